The van der Waals surface area contributed by atoms with Gasteiger partial charge in [-0.25, -0.2) is 4.39 Å². The number of methoxy groups -OCH3 is 1. The number of hydrazone groups is 1. The van der Waals surface area contributed by atoms with Gasteiger partial charge in [0.25, 0.3) is 17.7 Å². The summed E-state index contributed by atoms with van der Waals surface area (Å²) in [7, 11) is 1.41. The van der Waals surface area contributed by atoms with Crippen LogP contribution in [-0.4, -0.2) is 42.7 Å². The molecule has 2 aliphatic carbocycles. The van der Waals surface area contributed by atoms with Crippen molar-refractivity contribution in [1.29, 1.82) is 0 Å². The number of benzene rings is 2. The predicted molar refractivity (Wildman–Crippen MR) is 126 cm³/mol. The molecular formula is C25H21ClFN3O5. The lowest BCUT2D eigenvalue weighted by atomic mass is 9.85. The number of imide groups is 1. The Morgan fingerprint density at radius 3 is 2.46 bits per heavy atom. The van der Waals surface area contributed by atoms with E-state index in [9.17, 15) is 18.8 Å². The van der Waals surface area contributed by atoms with Crippen molar-refractivity contribution in [2.75, 3.05) is 19.0 Å². The lowest BCUT2D eigenvalue weighted by Crippen LogP contribution is -2.28. The molecule has 3 amide bonds. The van der Waals surface area contributed by atoms with Crippen LogP contribution in [0.2, 0.25) is 5.02 Å². The smallest absolute Gasteiger partial charge is 0.262 e. The molecule has 0 radical (unpaired) electrons. The molecule has 8 nitrogen and oxygen atoms in total. The molecule has 1 N–H and O–H groups in total. The normalized spacial score (nSPS) is 24.4. The van der Waals surface area contributed by atoms with Gasteiger partial charge in [-0.1, -0.05) is 23.8 Å². The van der Waals surface area contributed by atoms with Gasteiger partial charge in [0.15, 0.2) is 18.1 Å². The number of ether oxygens (including phenoxy) is 2. The van der Waals surface area contributed by atoms with Crippen LogP contribution in [0.25, 0.3) is 0 Å². The van der Waals surface area contributed by atoms with Gasteiger partial charge in [0, 0.05) is 22.3 Å². The van der Waals surface area contributed by atoms with Crippen LogP contribution >= 0.6 is 11.6 Å². The summed E-state index contributed by atoms with van der Waals surface area (Å²) >= 11 is 6.20. The van der Waals surface area contributed by atoms with E-state index >= 15 is 0 Å². The SMILES string of the molecule is COc1cc(Cl)cc(C=NN2C(=O)C3C4C=CC(C4)C3C2=O)c1OCC(=O)Nc1ccc(F)cc1. The molecule has 0 aromatic heterocycles. The van der Waals surface area contributed by atoms with Gasteiger partial charge >= 0.3 is 0 Å². The second kappa shape index (κ2) is 9.14. The highest BCUT2D eigenvalue weighted by atomic mass is 35.5. The Balaban J connectivity index is 1.34. The minimum atomic E-state index is -0.489. The number of carbonyl (C=O) groups excluding carboxylic acids is 3. The van der Waals surface area contributed by atoms with Crippen molar-refractivity contribution in [2.24, 2.45) is 28.8 Å². The molecule has 5 rings (SSSR count). The number of hydrogen-bond acceptors (Lipinski definition) is 6. The number of nitrogens with zero attached hydrogens (tertiary/aromatic N) is 2. The summed E-state index contributed by atoms with van der Waals surface area (Å²) in [6, 6.07) is 8.34. The van der Waals surface area contributed by atoms with E-state index in [0.717, 1.165) is 11.4 Å². The van der Waals surface area contributed by atoms with Crippen LogP contribution in [0.1, 0.15) is 12.0 Å². The molecule has 2 aromatic carbocycles. The van der Waals surface area contributed by atoms with E-state index in [4.69, 9.17) is 21.1 Å². The fourth-order valence-electron chi connectivity index (χ4n) is 4.98. The lowest BCUT2D eigenvalue weighted by Gasteiger charge is -2.15. The Morgan fingerprint density at radius 1 is 1.17 bits per heavy atom. The Bertz CT molecular complexity index is 1230. The Hall–Kier alpha value is -3.72. The molecule has 1 saturated carbocycles. The zero-order valence-corrected chi connectivity index (χ0v) is 19.4. The number of amides is 3. The molecule has 10 heteroatoms. The summed E-state index contributed by atoms with van der Waals surface area (Å²) in [5.74, 6) is -1.72. The molecule has 1 heterocycles. The van der Waals surface area contributed by atoms with Crippen molar-refractivity contribution in [2.45, 2.75) is 6.42 Å². The van der Waals surface area contributed by atoms with E-state index in [0.29, 0.717) is 16.3 Å². The predicted octanol–water partition coefficient (Wildman–Crippen LogP) is 3.65. The van der Waals surface area contributed by atoms with Gasteiger partial charge in [-0.3, -0.25) is 14.4 Å². The Labute approximate surface area is 205 Å². The quantitative estimate of drug-likeness (QED) is 0.358. The largest absolute Gasteiger partial charge is 0.493 e. The molecule has 180 valence electrons. The summed E-state index contributed by atoms with van der Waals surface area (Å²) in [6.45, 7) is -0.392. The second-order valence-corrected chi connectivity index (χ2v) is 9.04. The third-order valence-electron chi connectivity index (χ3n) is 6.50. The molecule has 1 saturated heterocycles. The van der Waals surface area contributed by atoms with E-state index < -0.39 is 18.3 Å². The van der Waals surface area contributed by atoms with E-state index in [1.165, 1.54) is 49.7 Å². The number of anilines is 1. The summed E-state index contributed by atoms with van der Waals surface area (Å²) in [4.78, 5) is 38.1. The average molecular weight is 498 g/mol. The molecule has 0 spiro atoms. The van der Waals surface area contributed by atoms with Crippen LogP contribution in [-0.2, 0) is 14.4 Å². The molecule has 35 heavy (non-hydrogen) atoms. The monoisotopic (exact) mass is 497 g/mol. The van der Waals surface area contributed by atoms with Crippen molar-refractivity contribution in [3.05, 3.63) is 65.0 Å². The van der Waals surface area contributed by atoms with Gasteiger partial charge in [0.05, 0.1) is 25.2 Å². The topological polar surface area (TPSA) is 97.3 Å². The van der Waals surface area contributed by atoms with Gasteiger partial charge in [-0.15, -0.1) is 0 Å². The number of fused-ring (bicyclic) bond motifs is 5. The van der Waals surface area contributed by atoms with Crippen molar-refractivity contribution in [1.82, 2.24) is 5.01 Å². The van der Waals surface area contributed by atoms with Gasteiger partial charge < -0.3 is 14.8 Å². The second-order valence-electron chi connectivity index (χ2n) is 8.60. The highest BCUT2D eigenvalue weighted by Crippen LogP contribution is 2.52. The van der Waals surface area contributed by atoms with Crippen molar-refractivity contribution in [3.63, 3.8) is 0 Å². The third-order valence-corrected chi connectivity index (χ3v) is 6.72. The highest BCUT2D eigenvalue weighted by Gasteiger charge is 2.59. The van der Waals surface area contributed by atoms with Crippen molar-refractivity contribution < 1.29 is 28.2 Å². The Morgan fingerprint density at radius 2 is 1.83 bits per heavy atom. The Kier molecular flexibility index (Phi) is 6.02. The number of halogens is 2. The van der Waals surface area contributed by atoms with Crippen LogP contribution in [0.15, 0.2) is 53.7 Å². The van der Waals surface area contributed by atoms with E-state index in [1.807, 2.05) is 12.2 Å². The first-order valence-corrected chi connectivity index (χ1v) is 11.4. The zero-order valence-electron chi connectivity index (χ0n) is 18.6. The fraction of sp³-hybridized carbons (Fsp3) is 0.280. The van der Waals surface area contributed by atoms with Crippen LogP contribution in [0, 0.1) is 29.5 Å². The number of hydrogen-bond donors (Lipinski definition) is 1. The molecular weight excluding hydrogens is 477 g/mol. The first kappa shape index (κ1) is 23.0. The first-order valence-electron chi connectivity index (χ1n) is 11.0. The maximum atomic E-state index is 13.1. The van der Waals surface area contributed by atoms with E-state index in [1.54, 1.807) is 0 Å². The van der Waals surface area contributed by atoms with Crippen LogP contribution < -0.4 is 14.8 Å². The van der Waals surface area contributed by atoms with Crippen molar-refractivity contribution in [3.8, 4) is 11.5 Å². The number of allylic oxidation sites excluding steroid dienone is 2. The molecule has 3 aliphatic rings. The van der Waals surface area contributed by atoms with Crippen LogP contribution in [0.4, 0.5) is 10.1 Å². The number of carbonyl (C=O) groups is 3. The summed E-state index contributed by atoms with van der Waals surface area (Å²) in [6.07, 6.45) is 6.14. The molecule has 2 bridgehead atoms. The third kappa shape index (κ3) is 4.27. The molecule has 4 atom stereocenters. The number of rotatable bonds is 7. The average Bonchev–Trinajstić information content (AvgIpc) is 3.52. The van der Waals surface area contributed by atoms with Crippen LogP contribution in [0.5, 0.6) is 11.5 Å². The molecule has 2 aromatic rings. The maximum absolute atomic E-state index is 13.1. The van der Waals surface area contributed by atoms with Gasteiger partial charge in [0.2, 0.25) is 0 Å². The van der Waals surface area contributed by atoms with Gasteiger partial charge in [-0.2, -0.15) is 10.1 Å². The van der Waals surface area contributed by atoms with Crippen LogP contribution in [0.3, 0.4) is 0 Å². The number of nitrogens with one attached hydrogen (secondary N) is 1. The zero-order chi connectivity index (χ0) is 24.7. The van der Waals surface area contributed by atoms with Gasteiger partial charge in [0.1, 0.15) is 5.82 Å². The molecule has 2 fully saturated rings. The summed E-state index contributed by atoms with van der Waals surface area (Å²) < 4.78 is 24.1. The van der Waals surface area contributed by atoms with Crippen molar-refractivity contribution >= 4 is 41.2 Å². The minimum absolute atomic E-state index is 0.0754. The highest BCUT2D eigenvalue weighted by molar-refractivity contribution is 6.31. The fourth-order valence-corrected chi connectivity index (χ4v) is 5.20. The minimum Gasteiger partial charge on any atom is -0.493 e. The lowest BCUT2D eigenvalue weighted by molar-refractivity contribution is -0.140. The molecule has 4 unspecified atom stereocenters. The van der Waals surface area contributed by atoms with E-state index in [2.05, 4.69) is 10.4 Å². The van der Waals surface area contributed by atoms with E-state index in [-0.39, 0.29) is 47.0 Å². The summed E-state index contributed by atoms with van der Waals surface area (Å²) in [5.41, 5.74) is 0.729. The summed E-state index contributed by atoms with van der Waals surface area (Å²) in [5, 5.41) is 7.99. The molecule has 1 aliphatic heterocycles. The standard InChI is InChI=1S/C25H21ClFN3O5/c1-34-19-10-16(26)9-15(23(19)35-12-20(31)29-18-6-4-17(27)5-7-18)11-28-30-24(32)21-13-2-3-14(8-13)22(21)25(30)33/h2-7,9-11,13-14,21-22H,8,12H2,1H3,(H,29,31). The van der Waals surface area contributed by atoms with Gasteiger partial charge in [-0.05, 0) is 48.6 Å². The first-order chi connectivity index (χ1) is 16.9. The maximum Gasteiger partial charge on any atom is 0.262 e.